The van der Waals surface area contributed by atoms with E-state index in [2.05, 4.69) is 20.7 Å². The van der Waals surface area contributed by atoms with Crippen molar-refractivity contribution in [3.63, 3.8) is 0 Å². The summed E-state index contributed by atoms with van der Waals surface area (Å²) in [5, 5.41) is 27.8. The number of hydrogen-bond acceptors (Lipinski definition) is 6. The summed E-state index contributed by atoms with van der Waals surface area (Å²) in [6.07, 6.45) is 0. The van der Waals surface area contributed by atoms with E-state index in [1.165, 1.54) is 0 Å². The van der Waals surface area contributed by atoms with E-state index in [4.69, 9.17) is 10.5 Å². The predicted octanol–water partition coefficient (Wildman–Crippen LogP) is 1.69. The van der Waals surface area contributed by atoms with E-state index >= 15 is 0 Å². The van der Waals surface area contributed by atoms with Crippen LogP contribution < -0.4 is 11.0 Å². The number of benzene rings is 1. The van der Waals surface area contributed by atoms with Crippen LogP contribution in [-0.2, 0) is 7.05 Å². The number of nitrogens with one attached hydrogen (secondary N) is 2. The Bertz CT molecular complexity index is 1100. The van der Waals surface area contributed by atoms with Crippen LogP contribution in [0.3, 0.4) is 0 Å². The molecule has 128 valence electrons. The van der Waals surface area contributed by atoms with Crippen LogP contribution in [0.4, 0.5) is 5.82 Å². The number of nitrogens with zero attached hydrogens (tertiary/aromatic N) is 6. The fraction of sp³-hybridized carbons (Fsp3) is 0.118. The van der Waals surface area contributed by atoms with Crippen LogP contribution in [0.25, 0.3) is 16.9 Å². The molecule has 0 aliphatic carbocycles. The lowest BCUT2D eigenvalue weighted by molar-refractivity contribution is 0.630. The summed E-state index contributed by atoms with van der Waals surface area (Å²) in [7, 11) is 1.80. The normalized spacial score (nSPS) is 10.0. The Morgan fingerprint density at radius 3 is 2.62 bits per heavy atom. The van der Waals surface area contributed by atoms with E-state index in [0.29, 0.717) is 11.3 Å². The van der Waals surface area contributed by atoms with Crippen molar-refractivity contribution in [3.8, 4) is 29.1 Å². The molecule has 3 rings (SSSR count). The van der Waals surface area contributed by atoms with Crippen LogP contribution in [0.2, 0.25) is 0 Å². The molecule has 2 heterocycles. The van der Waals surface area contributed by atoms with E-state index in [9.17, 15) is 4.79 Å². The third-order valence-electron chi connectivity index (χ3n) is 3.90. The minimum absolute atomic E-state index is 0.190. The quantitative estimate of drug-likeness (QED) is 0.549. The molecule has 0 bridgehead atoms. The molecule has 1 aromatic carbocycles. The van der Waals surface area contributed by atoms with Crippen molar-refractivity contribution in [2.24, 2.45) is 12.1 Å². The number of para-hydroxylation sites is 1. The van der Waals surface area contributed by atoms with Gasteiger partial charge in [0.05, 0.1) is 16.9 Å². The van der Waals surface area contributed by atoms with Crippen molar-refractivity contribution in [2.75, 3.05) is 5.43 Å². The van der Waals surface area contributed by atoms with E-state index in [1.807, 2.05) is 37.3 Å². The molecule has 2 N–H and O–H groups in total. The molecule has 26 heavy (non-hydrogen) atoms. The second-order valence-electron chi connectivity index (χ2n) is 5.40. The maximum atomic E-state index is 12.9. The first-order valence-corrected chi connectivity index (χ1v) is 7.60. The molecule has 0 atom stereocenters. The highest BCUT2D eigenvalue weighted by Gasteiger charge is 2.19. The van der Waals surface area contributed by atoms with Crippen molar-refractivity contribution in [3.05, 3.63) is 52.4 Å². The zero-order valence-electron chi connectivity index (χ0n) is 14.1. The van der Waals surface area contributed by atoms with Gasteiger partial charge in [0.15, 0.2) is 5.82 Å². The van der Waals surface area contributed by atoms with Crippen LogP contribution >= 0.6 is 0 Å². The number of aromatic nitrogens is 4. The summed E-state index contributed by atoms with van der Waals surface area (Å²) in [6.45, 7) is 1.84. The molecule has 0 amide bonds. The van der Waals surface area contributed by atoms with Gasteiger partial charge in [-0.15, -0.1) is 0 Å². The summed E-state index contributed by atoms with van der Waals surface area (Å²) >= 11 is 0. The standard InChI is InChI=1S/C17H14N8O/c1-11-16(14-8-15(23-21-14)22-20-12(9-18)10-19)17(26)25(24(11)2)13-6-4-3-5-7-13/h3-8H,1-2H3,(H2,21,22,23). The lowest BCUT2D eigenvalue weighted by Crippen LogP contribution is -2.20. The Morgan fingerprint density at radius 1 is 1.27 bits per heavy atom. The van der Waals surface area contributed by atoms with Gasteiger partial charge in [0.1, 0.15) is 12.1 Å². The molecule has 0 saturated carbocycles. The van der Waals surface area contributed by atoms with Crippen molar-refractivity contribution in [1.82, 2.24) is 19.6 Å². The smallest absolute Gasteiger partial charge is 0.281 e. The molecule has 9 nitrogen and oxygen atoms in total. The van der Waals surface area contributed by atoms with Crippen molar-refractivity contribution >= 4 is 11.5 Å². The number of anilines is 1. The first-order chi connectivity index (χ1) is 12.6. The van der Waals surface area contributed by atoms with Crippen LogP contribution in [-0.4, -0.2) is 25.3 Å². The molecular formula is C17H14N8O. The van der Waals surface area contributed by atoms with Gasteiger partial charge in [-0.05, 0) is 19.1 Å². The fourth-order valence-electron chi connectivity index (χ4n) is 2.57. The van der Waals surface area contributed by atoms with E-state index in [-0.39, 0.29) is 17.1 Å². The highest BCUT2D eigenvalue weighted by atomic mass is 16.1. The molecule has 0 radical (unpaired) electrons. The van der Waals surface area contributed by atoms with Gasteiger partial charge < -0.3 is 0 Å². The van der Waals surface area contributed by atoms with Crippen LogP contribution in [0.5, 0.6) is 0 Å². The minimum Gasteiger partial charge on any atom is -0.285 e. The third-order valence-corrected chi connectivity index (χ3v) is 3.90. The maximum absolute atomic E-state index is 12.9. The molecule has 2 aromatic heterocycles. The second-order valence-corrected chi connectivity index (χ2v) is 5.40. The highest BCUT2D eigenvalue weighted by Crippen LogP contribution is 2.21. The highest BCUT2D eigenvalue weighted by molar-refractivity contribution is 6.10. The largest absolute Gasteiger partial charge is 0.285 e. The Morgan fingerprint density at radius 2 is 1.96 bits per heavy atom. The molecule has 0 spiro atoms. The summed E-state index contributed by atoms with van der Waals surface area (Å²) in [5.74, 6) is 0.289. The minimum atomic E-state index is -0.322. The van der Waals surface area contributed by atoms with Gasteiger partial charge in [-0.1, -0.05) is 18.2 Å². The van der Waals surface area contributed by atoms with E-state index < -0.39 is 0 Å². The van der Waals surface area contributed by atoms with Gasteiger partial charge in [0.25, 0.3) is 5.56 Å². The summed E-state index contributed by atoms with van der Waals surface area (Å²) in [6, 6.07) is 14.2. The van der Waals surface area contributed by atoms with Gasteiger partial charge in [0, 0.05) is 18.8 Å². The second kappa shape index (κ2) is 6.79. The Labute approximate surface area is 148 Å². The number of H-pyrrole nitrogens is 1. The van der Waals surface area contributed by atoms with Gasteiger partial charge in [-0.25, -0.2) is 4.68 Å². The van der Waals surface area contributed by atoms with Gasteiger partial charge >= 0.3 is 0 Å². The molecule has 0 unspecified atom stereocenters. The molecule has 0 aliphatic heterocycles. The lowest BCUT2D eigenvalue weighted by atomic mass is 10.2. The Kier molecular flexibility index (Phi) is 4.37. The molecule has 0 saturated heterocycles. The van der Waals surface area contributed by atoms with Gasteiger partial charge in [-0.3, -0.25) is 20.0 Å². The first kappa shape index (κ1) is 16.7. The predicted molar refractivity (Wildman–Crippen MR) is 95.6 cm³/mol. The van der Waals surface area contributed by atoms with E-state index in [1.54, 1.807) is 34.6 Å². The summed E-state index contributed by atoms with van der Waals surface area (Å²) in [5.41, 5.74) is 4.49. The zero-order valence-corrected chi connectivity index (χ0v) is 14.1. The average Bonchev–Trinajstić information content (AvgIpc) is 3.20. The zero-order chi connectivity index (χ0) is 18.7. The number of rotatable bonds is 4. The van der Waals surface area contributed by atoms with Crippen molar-refractivity contribution < 1.29 is 0 Å². The molecule has 0 aliphatic rings. The maximum Gasteiger partial charge on any atom is 0.281 e. The average molecular weight is 346 g/mol. The van der Waals surface area contributed by atoms with Gasteiger partial charge in [-0.2, -0.15) is 20.7 Å². The van der Waals surface area contributed by atoms with E-state index in [0.717, 1.165) is 11.4 Å². The van der Waals surface area contributed by atoms with Crippen molar-refractivity contribution in [2.45, 2.75) is 6.92 Å². The molecule has 9 heteroatoms. The monoisotopic (exact) mass is 346 g/mol. The number of aromatic amines is 1. The topological polar surface area (TPSA) is 128 Å². The molecular weight excluding hydrogens is 332 g/mol. The van der Waals surface area contributed by atoms with Gasteiger partial charge in [0.2, 0.25) is 5.71 Å². The molecule has 0 fully saturated rings. The third kappa shape index (κ3) is 2.85. The number of hydrazone groups is 1. The Balaban J connectivity index is 2.02. The van der Waals surface area contributed by atoms with Crippen LogP contribution in [0.1, 0.15) is 5.69 Å². The first-order valence-electron chi connectivity index (χ1n) is 7.60. The summed E-state index contributed by atoms with van der Waals surface area (Å²) < 4.78 is 3.34. The lowest BCUT2D eigenvalue weighted by Gasteiger charge is -2.07. The van der Waals surface area contributed by atoms with Crippen LogP contribution in [0, 0.1) is 29.6 Å². The summed E-state index contributed by atoms with van der Waals surface area (Å²) in [4.78, 5) is 12.9. The SMILES string of the molecule is Cc1c(-c2cc(NN=C(C#N)C#N)n[nH]2)c(=O)n(-c2ccccc2)n1C. The number of hydrogen-bond donors (Lipinski definition) is 2. The van der Waals surface area contributed by atoms with Crippen LogP contribution in [0.15, 0.2) is 46.3 Å². The fourth-order valence-corrected chi connectivity index (χ4v) is 2.57. The van der Waals surface area contributed by atoms with Crippen molar-refractivity contribution in [1.29, 1.82) is 10.5 Å². The Hall–Kier alpha value is -4.11. The molecule has 3 aromatic rings. The number of nitriles is 2.